The molecule has 4 rings (SSSR count). The highest BCUT2D eigenvalue weighted by molar-refractivity contribution is 6.30. The molecule has 1 aliphatic heterocycles. The molecule has 5 nitrogen and oxygen atoms in total. The molecule has 1 saturated heterocycles. The minimum atomic E-state index is -0.799. The third-order valence-corrected chi connectivity index (χ3v) is 8.01. The first-order valence-corrected chi connectivity index (χ1v) is 13.6. The number of rotatable bonds is 11. The molecule has 1 fully saturated rings. The Morgan fingerprint density at radius 2 is 1.51 bits per heavy atom. The molecule has 0 spiro atoms. The highest BCUT2D eigenvalue weighted by atomic mass is 35.5. The molecule has 1 aliphatic rings. The molecular weight excluding hydrogens is 482 g/mol. The summed E-state index contributed by atoms with van der Waals surface area (Å²) < 4.78 is 0. The summed E-state index contributed by atoms with van der Waals surface area (Å²) in [7, 11) is 0. The second-order valence-electron chi connectivity index (χ2n) is 10.1. The lowest BCUT2D eigenvalue weighted by Gasteiger charge is -2.40. The van der Waals surface area contributed by atoms with Crippen LogP contribution in [0.1, 0.15) is 48.8 Å². The first-order valence-electron chi connectivity index (χ1n) is 13.2. The summed E-state index contributed by atoms with van der Waals surface area (Å²) in [6, 6.07) is 28.5. The smallest absolute Gasteiger partial charge is 0.221 e. The number of benzene rings is 3. The number of piperidine rings is 1. The van der Waals surface area contributed by atoms with Crippen molar-refractivity contribution >= 4 is 17.5 Å². The fraction of sp³-hybridized carbons (Fsp3) is 0.387. The zero-order chi connectivity index (χ0) is 26.1. The van der Waals surface area contributed by atoms with Gasteiger partial charge in [-0.25, -0.2) is 0 Å². The minimum absolute atomic E-state index is 0.0174. The predicted molar refractivity (Wildman–Crippen MR) is 151 cm³/mol. The van der Waals surface area contributed by atoms with Gasteiger partial charge in [0.05, 0.1) is 5.60 Å². The lowest BCUT2D eigenvalue weighted by molar-refractivity contribution is -0.121. The van der Waals surface area contributed by atoms with Crippen molar-refractivity contribution < 1.29 is 9.90 Å². The highest BCUT2D eigenvalue weighted by Gasteiger charge is 2.36. The van der Waals surface area contributed by atoms with E-state index < -0.39 is 5.60 Å². The molecular formula is C31H38ClN3O2. The Labute approximate surface area is 225 Å². The van der Waals surface area contributed by atoms with Gasteiger partial charge in [0.15, 0.2) is 0 Å². The Morgan fingerprint density at radius 1 is 0.946 bits per heavy atom. The fourth-order valence-electron chi connectivity index (χ4n) is 5.53. The Bertz CT molecular complexity index is 1070. The lowest BCUT2D eigenvalue weighted by atomic mass is 9.71. The standard InChI is InChI=1S/C31H38ClN3O2/c32-28-14-12-27(13-15-28)31(37)18-22-35(23-19-31)21-7-17-30(24-34-29(36)16-20-33,25-8-3-1-4-9-25)26-10-5-2-6-11-26/h1-6,8-15,37H,7,16-24,33H2,(H,34,36). The number of carbonyl (C=O) groups excluding carboxylic acids is 1. The number of nitrogens with zero attached hydrogens (tertiary/aromatic N) is 1. The van der Waals surface area contributed by atoms with Gasteiger partial charge in [-0.3, -0.25) is 4.79 Å². The van der Waals surface area contributed by atoms with Crippen molar-refractivity contribution in [3.05, 3.63) is 107 Å². The second-order valence-corrected chi connectivity index (χ2v) is 10.5. The van der Waals surface area contributed by atoms with Crippen molar-refractivity contribution in [3.8, 4) is 0 Å². The van der Waals surface area contributed by atoms with E-state index in [2.05, 4.69) is 58.7 Å². The number of halogens is 1. The average Bonchev–Trinajstić information content (AvgIpc) is 2.93. The topological polar surface area (TPSA) is 78.6 Å². The molecule has 6 heteroatoms. The molecule has 0 saturated carbocycles. The van der Waals surface area contributed by atoms with Gasteiger partial charge in [0, 0.05) is 43.0 Å². The Hall–Kier alpha value is -2.70. The van der Waals surface area contributed by atoms with E-state index in [4.69, 9.17) is 17.3 Å². The molecule has 4 N–H and O–H groups in total. The van der Waals surface area contributed by atoms with E-state index >= 15 is 0 Å². The molecule has 0 atom stereocenters. The summed E-state index contributed by atoms with van der Waals surface area (Å²) in [6.07, 6.45) is 3.58. The van der Waals surface area contributed by atoms with Gasteiger partial charge in [-0.2, -0.15) is 0 Å². The van der Waals surface area contributed by atoms with Crippen LogP contribution in [0.25, 0.3) is 0 Å². The number of carbonyl (C=O) groups is 1. The first kappa shape index (κ1) is 27.3. The molecule has 0 aliphatic carbocycles. The van der Waals surface area contributed by atoms with Gasteiger partial charge in [-0.05, 0) is 61.1 Å². The van der Waals surface area contributed by atoms with Gasteiger partial charge in [0.1, 0.15) is 0 Å². The van der Waals surface area contributed by atoms with E-state index in [-0.39, 0.29) is 11.3 Å². The highest BCUT2D eigenvalue weighted by Crippen LogP contribution is 2.38. The van der Waals surface area contributed by atoms with E-state index in [1.54, 1.807) is 0 Å². The van der Waals surface area contributed by atoms with Crippen LogP contribution in [0.15, 0.2) is 84.9 Å². The number of nitrogens with two attached hydrogens (primary N) is 1. The first-order chi connectivity index (χ1) is 17.9. The molecule has 0 radical (unpaired) electrons. The van der Waals surface area contributed by atoms with Crippen LogP contribution < -0.4 is 11.1 Å². The van der Waals surface area contributed by atoms with Crippen molar-refractivity contribution in [1.29, 1.82) is 0 Å². The quantitative estimate of drug-likeness (QED) is 0.338. The summed E-state index contributed by atoms with van der Waals surface area (Å²) in [5.74, 6) is -0.0174. The SMILES string of the molecule is NCCC(=O)NCC(CCCN1CCC(O)(c2ccc(Cl)cc2)CC1)(c1ccccc1)c1ccccc1. The molecule has 0 unspecified atom stereocenters. The fourth-order valence-corrected chi connectivity index (χ4v) is 5.66. The number of aliphatic hydroxyl groups is 1. The van der Waals surface area contributed by atoms with E-state index in [0.29, 0.717) is 37.4 Å². The molecule has 0 aromatic heterocycles. The Kier molecular flexibility index (Phi) is 9.38. The number of nitrogens with one attached hydrogen (secondary N) is 1. The summed E-state index contributed by atoms with van der Waals surface area (Å²) in [6.45, 7) is 3.49. The Balaban J connectivity index is 1.46. The summed E-state index contributed by atoms with van der Waals surface area (Å²) in [5.41, 5.74) is 7.83. The van der Waals surface area contributed by atoms with Crippen LogP contribution in [0.3, 0.4) is 0 Å². The normalized spacial score (nSPS) is 15.9. The molecule has 1 amide bonds. The van der Waals surface area contributed by atoms with Crippen LogP contribution in [0.5, 0.6) is 0 Å². The molecule has 3 aromatic carbocycles. The van der Waals surface area contributed by atoms with Crippen molar-refractivity contribution in [1.82, 2.24) is 10.2 Å². The largest absolute Gasteiger partial charge is 0.385 e. The van der Waals surface area contributed by atoms with Crippen LogP contribution >= 0.6 is 11.6 Å². The van der Waals surface area contributed by atoms with E-state index in [9.17, 15) is 9.90 Å². The average molecular weight is 520 g/mol. The van der Waals surface area contributed by atoms with Crippen molar-refractivity contribution in [2.75, 3.05) is 32.7 Å². The molecule has 1 heterocycles. The predicted octanol–water partition coefficient (Wildman–Crippen LogP) is 4.85. The number of amides is 1. The zero-order valence-electron chi connectivity index (χ0n) is 21.4. The van der Waals surface area contributed by atoms with Crippen LogP contribution in [0, 0.1) is 0 Å². The van der Waals surface area contributed by atoms with Gasteiger partial charge >= 0.3 is 0 Å². The van der Waals surface area contributed by atoms with E-state index in [1.807, 2.05) is 36.4 Å². The monoisotopic (exact) mass is 519 g/mol. The van der Waals surface area contributed by atoms with Gasteiger partial charge in [0.25, 0.3) is 0 Å². The third-order valence-electron chi connectivity index (χ3n) is 7.75. The van der Waals surface area contributed by atoms with Gasteiger partial charge in [0.2, 0.25) is 5.91 Å². The summed E-state index contributed by atoms with van der Waals surface area (Å²) >= 11 is 6.04. The molecule has 196 valence electrons. The van der Waals surface area contributed by atoms with Crippen LogP contribution in [0.4, 0.5) is 0 Å². The molecule has 0 bridgehead atoms. The van der Waals surface area contributed by atoms with Crippen LogP contribution in [-0.2, 0) is 15.8 Å². The number of hydrogen-bond donors (Lipinski definition) is 3. The zero-order valence-corrected chi connectivity index (χ0v) is 22.2. The maximum Gasteiger partial charge on any atom is 0.221 e. The van der Waals surface area contributed by atoms with E-state index in [0.717, 1.165) is 38.0 Å². The number of hydrogen-bond acceptors (Lipinski definition) is 4. The van der Waals surface area contributed by atoms with Gasteiger partial charge < -0.3 is 21.1 Å². The van der Waals surface area contributed by atoms with Gasteiger partial charge in [-0.15, -0.1) is 0 Å². The molecule has 37 heavy (non-hydrogen) atoms. The van der Waals surface area contributed by atoms with Crippen molar-refractivity contribution in [2.45, 2.75) is 43.1 Å². The van der Waals surface area contributed by atoms with Crippen LogP contribution in [-0.4, -0.2) is 48.6 Å². The van der Waals surface area contributed by atoms with Crippen molar-refractivity contribution in [2.24, 2.45) is 5.73 Å². The third kappa shape index (κ3) is 6.79. The Morgan fingerprint density at radius 3 is 2.05 bits per heavy atom. The molecule has 3 aromatic rings. The van der Waals surface area contributed by atoms with E-state index in [1.165, 1.54) is 11.1 Å². The van der Waals surface area contributed by atoms with Crippen molar-refractivity contribution in [3.63, 3.8) is 0 Å². The number of likely N-dealkylation sites (tertiary alicyclic amines) is 1. The summed E-state index contributed by atoms with van der Waals surface area (Å²) in [5, 5.41) is 15.1. The lowest BCUT2D eigenvalue weighted by Crippen LogP contribution is -2.44. The maximum atomic E-state index is 12.4. The van der Waals surface area contributed by atoms with Crippen LogP contribution in [0.2, 0.25) is 5.02 Å². The maximum absolute atomic E-state index is 12.4. The minimum Gasteiger partial charge on any atom is -0.385 e. The van der Waals surface area contributed by atoms with Gasteiger partial charge in [-0.1, -0.05) is 84.4 Å². The second kappa shape index (κ2) is 12.7. The summed E-state index contributed by atoms with van der Waals surface area (Å²) in [4.78, 5) is 14.9.